The lowest BCUT2D eigenvalue weighted by Crippen LogP contribution is -2.46. The van der Waals surface area contributed by atoms with Gasteiger partial charge in [0.05, 0.1) is 11.9 Å². The van der Waals surface area contributed by atoms with Crippen LogP contribution < -0.4 is 9.62 Å². The molecular formula is C24H32BrN3O4S. The smallest absolute Gasteiger partial charge is 0.242 e. The van der Waals surface area contributed by atoms with Gasteiger partial charge < -0.3 is 10.2 Å². The van der Waals surface area contributed by atoms with Crippen molar-refractivity contribution in [1.82, 2.24) is 10.2 Å². The lowest BCUT2D eigenvalue weighted by Gasteiger charge is -2.29. The van der Waals surface area contributed by atoms with E-state index in [4.69, 9.17) is 0 Å². The van der Waals surface area contributed by atoms with E-state index in [2.05, 4.69) is 21.2 Å². The van der Waals surface area contributed by atoms with E-state index in [9.17, 15) is 18.0 Å². The molecule has 0 aliphatic carbocycles. The van der Waals surface area contributed by atoms with Gasteiger partial charge in [-0.15, -0.1) is 0 Å². The van der Waals surface area contributed by atoms with Gasteiger partial charge in [-0.2, -0.15) is 0 Å². The van der Waals surface area contributed by atoms with Crippen LogP contribution in [-0.4, -0.2) is 51.0 Å². The molecule has 0 aliphatic heterocycles. The summed E-state index contributed by atoms with van der Waals surface area (Å²) >= 11 is 3.40. The Labute approximate surface area is 205 Å². The molecular weight excluding hydrogens is 506 g/mol. The lowest BCUT2D eigenvalue weighted by atomic mass is 10.1. The summed E-state index contributed by atoms with van der Waals surface area (Å²) in [6.07, 6.45) is 2.48. The fourth-order valence-corrected chi connectivity index (χ4v) is 4.71. The Kier molecular flexibility index (Phi) is 9.91. The second kappa shape index (κ2) is 12.2. The van der Waals surface area contributed by atoms with Gasteiger partial charge in [-0.1, -0.05) is 47.1 Å². The van der Waals surface area contributed by atoms with Crippen LogP contribution >= 0.6 is 15.9 Å². The number of carbonyl (C=O) groups is 2. The lowest BCUT2D eigenvalue weighted by molar-refractivity contribution is -0.140. The molecule has 0 saturated carbocycles. The Morgan fingerprint density at radius 3 is 2.12 bits per heavy atom. The van der Waals surface area contributed by atoms with E-state index in [0.717, 1.165) is 28.3 Å². The molecule has 0 fully saturated rings. The number of benzene rings is 2. The molecule has 2 aromatic carbocycles. The Balaban J connectivity index is 2.12. The third-order valence-electron chi connectivity index (χ3n) is 5.46. The normalized spacial score (nSPS) is 12.2. The molecule has 1 N–H and O–H groups in total. The minimum Gasteiger partial charge on any atom is -0.357 e. The minimum atomic E-state index is -3.50. The number of amides is 2. The van der Waals surface area contributed by atoms with Crippen LogP contribution in [0.2, 0.25) is 0 Å². The molecule has 0 spiro atoms. The molecule has 0 bridgehead atoms. The molecule has 180 valence electrons. The number of anilines is 1. The third kappa shape index (κ3) is 7.85. The first-order valence-corrected chi connectivity index (χ1v) is 13.5. The van der Waals surface area contributed by atoms with E-state index in [1.54, 1.807) is 19.1 Å². The summed E-state index contributed by atoms with van der Waals surface area (Å²) in [6, 6.07) is 14.3. The Morgan fingerprint density at radius 2 is 1.61 bits per heavy atom. The zero-order valence-electron chi connectivity index (χ0n) is 19.5. The summed E-state index contributed by atoms with van der Waals surface area (Å²) in [5, 5.41) is 2.59. The van der Waals surface area contributed by atoms with Crippen molar-refractivity contribution in [3.8, 4) is 0 Å². The van der Waals surface area contributed by atoms with Crippen LogP contribution in [0.4, 0.5) is 5.69 Å². The van der Waals surface area contributed by atoms with Crippen molar-refractivity contribution in [2.45, 2.75) is 45.7 Å². The minimum absolute atomic E-state index is 0.122. The van der Waals surface area contributed by atoms with Gasteiger partial charge in [0, 0.05) is 31.0 Å². The molecule has 7 nitrogen and oxygen atoms in total. The van der Waals surface area contributed by atoms with Crippen LogP contribution in [0.3, 0.4) is 0 Å². The summed E-state index contributed by atoms with van der Waals surface area (Å²) in [7, 11) is -1.97. The van der Waals surface area contributed by atoms with E-state index in [1.165, 1.54) is 16.3 Å². The molecule has 2 rings (SSSR count). The summed E-state index contributed by atoms with van der Waals surface area (Å²) < 4.78 is 27.0. The monoisotopic (exact) mass is 537 g/mol. The van der Waals surface area contributed by atoms with Crippen LogP contribution in [-0.2, 0) is 32.6 Å². The van der Waals surface area contributed by atoms with Gasteiger partial charge in [0.15, 0.2) is 0 Å². The standard InChI is InChI=1S/C24H32BrN3O4S/c1-5-19-10-14-22(15-11-19)28(33(4,31)32)16-6-7-23(29)27(18(2)24(30)26-3)17-20-8-12-21(25)13-9-20/h8-15,18H,5-7,16-17H2,1-4H3,(H,26,30). The van der Waals surface area contributed by atoms with E-state index in [-0.39, 0.29) is 31.3 Å². The molecule has 2 amide bonds. The van der Waals surface area contributed by atoms with Gasteiger partial charge in [-0.25, -0.2) is 8.42 Å². The Morgan fingerprint density at radius 1 is 1.03 bits per heavy atom. The fraction of sp³-hybridized carbons (Fsp3) is 0.417. The van der Waals surface area contributed by atoms with Crippen molar-refractivity contribution in [3.63, 3.8) is 0 Å². The van der Waals surface area contributed by atoms with Gasteiger partial charge in [-0.05, 0) is 55.2 Å². The zero-order chi connectivity index (χ0) is 24.6. The number of nitrogens with one attached hydrogen (secondary N) is 1. The predicted octanol–water partition coefficient (Wildman–Crippen LogP) is 3.72. The van der Waals surface area contributed by atoms with Crippen LogP contribution in [0.25, 0.3) is 0 Å². The van der Waals surface area contributed by atoms with Gasteiger partial charge >= 0.3 is 0 Å². The highest BCUT2D eigenvalue weighted by atomic mass is 79.9. The van der Waals surface area contributed by atoms with Crippen LogP contribution in [0.5, 0.6) is 0 Å². The largest absolute Gasteiger partial charge is 0.357 e. The maximum Gasteiger partial charge on any atom is 0.242 e. The average molecular weight is 539 g/mol. The molecule has 0 saturated heterocycles. The van der Waals surface area contributed by atoms with Gasteiger partial charge in [-0.3, -0.25) is 13.9 Å². The van der Waals surface area contributed by atoms with Crippen LogP contribution in [0.15, 0.2) is 53.0 Å². The van der Waals surface area contributed by atoms with Gasteiger partial charge in [0.25, 0.3) is 0 Å². The van der Waals surface area contributed by atoms with Crippen molar-refractivity contribution < 1.29 is 18.0 Å². The number of aryl methyl sites for hydroxylation is 1. The Hall–Kier alpha value is -2.39. The summed E-state index contributed by atoms with van der Waals surface area (Å²) in [5.41, 5.74) is 2.60. The third-order valence-corrected chi connectivity index (χ3v) is 7.19. The number of nitrogens with zero attached hydrogens (tertiary/aromatic N) is 2. The van der Waals surface area contributed by atoms with Crippen molar-refractivity contribution in [1.29, 1.82) is 0 Å². The van der Waals surface area contributed by atoms with Crippen LogP contribution in [0.1, 0.15) is 37.8 Å². The molecule has 0 heterocycles. The first kappa shape index (κ1) is 26.9. The second-order valence-electron chi connectivity index (χ2n) is 7.90. The number of carbonyl (C=O) groups excluding carboxylic acids is 2. The number of sulfonamides is 1. The number of hydrogen-bond acceptors (Lipinski definition) is 4. The van der Waals surface area contributed by atoms with E-state index >= 15 is 0 Å². The number of hydrogen-bond donors (Lipinski definition) is 1. The zero-order valence-corrected chi connectivity index (χ0v) is 21.9. The quantitative estimate of drug-likeness (QED) is 0.473. The summed E-state index contributed by atoms with van der Waals surface area (Å²) in [5.74, 6) is -0.460. The van der Waals surface area contributed by atoms with E-state index in [0.29, 0.717) is 12.1 Å². The molecule has 33 heavy (non-hydrogen) atoms. The summed E-state index contributed by atoms with van der Waals surface area (Å²) in [6.45, 7) is 4.19. The number of halogens is 1. The average Bonchev–Trinajstić information content (AvgIpc) is 2.79. The maximum atomic E-state index is 13.1. The van der Waals surface area contributed by atoms with E-state index in [1.807, 2.05) is 43.3 Å². The number of rotatable bonds is 11. The number of likely N-dealkylation sites (N-methyl/N-ethyl adjacent to an activating group) is 1. The van der Waals surface area contributed by atoms with Crippen molar-refractivity contribution in [3.05, 3.63) is 64.1 Å². The highest BCUT2D eigenvalue weighted by Crippen LogP contribution is 2.20. The second-order valence-corrected chi connectivity index (χ2v) is 10.7. The van der Waals surface area contributed by atoms with Crippen molar-refractivity contribution in [2.24, 2.45) is 0 Å². The van der Waals surface area contributed by atoms with Crippen molar-refractivity contribution >= 4 is 43.5 Å². The molecule has 0 aliphatic rings. The highest BCUT2D eigenvalue weighted by molar-refractivity contribution is 9.10. The Bertz CT molecular complexity index is 1040. The molecule has 0 aromatic heterocycles. The van der Waals surface area contributed by atoms with Crippen molar-refractivity contribution in [2.75, 3.05) is 24.2 Å². The fourth-order valence-electron chi connectivity index (χ4n) is 3.48. The van der Waals surface area contributed by atoms with Gasteiger partial charge in [0.1, 0.15) is 6.04 Å². The topological polar surface area (TPSA) is 86.8 Å². The first-order valence-electron chi connectivity index (χ1n) is 10.9. The summed E-state index contributed by atoms with van der Waals surface area (Å²) in [4.78, 5) is 26.9. The predicted molar refractivity (Wildman–Crippen MR) is 135 cm³/mol. The van der Waals surface area contributed by atoms with E-state index < -0.39 is 16.1 Å². The molecule has 2 aromatic rings. The maximum absolute atomic E-state index is 13.1. The highest BCUT2D eigenvalue weighted by Gasteiger charge is 2.26. The van der Waals surface area contributed by atoms with Gasteiger partial charge in [0.2, 0.25) is 21.8 Å². The SMILES string of the molecule is CCc1ccc(N(CCCC(=O)N(Cc2ccc(Br)cc2)C(C)C(=O)NC)S(C)(=O)=O)cc1. The molecule has 9 heteroatoms. The molecule has 0 radical (unpaired) electrons. The molecule has 1 unspecified atom stereocenters. The van der Waals surface area contributed by atoms with Crippen LogP contribution in [0, 0.1) is 0 Å². The first-order chi connectivity index (χ1) is 15.6. The molecule has 1 atom stereocenters.